The summed E-state index contributed by atoms with van der Waals surface area (Å²) in [7, 11) is 0. The Morgan fingerprint density at radius 1 is 1.36 bits per heavy atom. The molecule has 1 fully saturated rings. The number of aromatic nitrogens is 2. The summed E-state index contributed by atoms with van der Waals surface area (Å²) in [6.07, 6.45) is 4.70. The van der Waals surface area contributed by atoms with E-state index in [1.165, 1.54) is 11.1 Å². The van der Waals surface area contributed by atoms with Crippen molar-refractivity contribution in [2.75, 3.05) is 38.2 Å². The fraction of sp³-hybridized carbons (Fsp3) is 0.500. The summed E-state index contributed by atoms with van der Waals surface area (Å²) in [4.78, 5) is 36.5. The van der Waals surface area contributed by atoms with Crippen molar-refractivity contribution in [1.82, 2.24) is 19.9 Å². The van der Waals surface area contributed by atoms with Gasteiger partial charge in [-0.05, 0) is 43.5 Å². The topological polar surface area (TPSA) is 128 Å². The molecule has 1 atom stereocenters. The average molecular weight is 407 g/mol. The summed E-state index contributed by atoms with van der Waals surface area (Å²) in [6, 6.07) is 4.95. The van der Waals surface area contributed by atoms with E-state index in [0.29, 0.717) is 30.5 Å². The van der Waals surface area contributed by atoms with Crippen LogP contribution in [0, 0.1) is 0 Å². The normalized spacial score (nSPS) is 17.8. The molecular formula is C18H26N6O3S. The van der Waals surface area contributed by atoms with Gasteiger partial charge in [-0.25, -0.2) is 9.78 Å². The van der Waals surface area contributed by atoms with Crippen molar-refractivity contribution in [2.24, 2.45) is 11.5 Å². The molecule has 9 nitrogen and oxygen atoms in total. The van der Waals surface area contributed by atoms with Crippen LogP contribution in [0.25, 0.3) is 11.0 Å². The number of fused-ring (bicyclic) bond motifs is 1. The maximum absolute atomic E-state index is 13.2. The summed E-state index contributed by atoms with van der Waals surface area (Å²) in [6.45, 7) is 3.04. The maximum Gasteiger partial charge on any atom is 0.367 e. The number of para-hydroxylation sites is 1. The second-order valence-corrected chi connectivity index (χ2v) is 7.73. The molecule has 152 valence electrons. The van der Waals surface area contributed by atoms with Crippen LogP contribution in [-0.4, -0.2) is 70.3 Å². The smallest absolute Gasteiger partial charge is 0.366 e. The largest absolute Gasteiger partial charge is 0.367 e. The van der Waals surface area contributed by atoms with Gasteiger partial charge < -0.3 is 21.6 Å². The molecule has 1 unspecified atom stereocenters. The van der Waals surface area contributed by atoms with Crippen LogP contribution in [-0.2, 0) is 4.79 Å². The lowest BCUT2D eigenvalue weighted by molar-refractivity contribution is -0.158. The Balaban J connectivity index is 1.88. The van der Waals surface area contributed by atoms with Gasteiger partial charge in [-0.1, -0.05) is 6.07 Å². The lowest BCUT2D eigenvalue weighted by Gasteiger charge is -2.37. The van der Waals surface area contributed by atoms with Gasteiger partial charge in [-0.3, -0.25) is 9.69 Å². The second kappa shape index (κ2) is 8.91. The van der Waals surface area contributed by atoms with E-state index < -0.39 is 17.5 Å². The number of nitrogens with zero attached hydrogens (tertiary/aromatic N) is 3. The summed E-state index contributed by atoms with van der Waals surface area (Å²) in [5.41, 5.74) is 11.9. The predicted octanol–water partition coefficient (Wildman–Crippen LogP) is -0.206. The van der Waals surface area contributed by atoms with Crippen LogP contribution < -0.4 is 21.6 Å². The average Bonchev–Trinajstić information content (AvgIpc) is 2.91. The molecule has 1 saturated heterocycles. The van der Waals surface area contributed by atoms with Crippen LogP contribution in [0.4, 0.5) is 0 Å². The molecule has 0 radical (unpaired) electrons. The van der Waals surface area contributed by atoms with Gasteiger partial charge >= 0.3 is 5.97 Å². The number of primary amides is 1. The third-order valence-electron chi connectivity index (χ3n) is 4.94. The van der Waals surface area contributed by atoms with Gasteiger partial charge in [0, 0.05) is 19.6 Å². The molecule has 28 heavy (non-hydrogen) atoms. The number of thioether (sulfide) groups is 1. The molecule has 0 spiro atoms. The molecule has 10 heteroatoms. The standard InChI is InChI=1S/C18H26N6O3S/c1-28-11-6-18(20,23-9-3-7-21-8-10-23)17(26)27-24-12-22-15-13(16(19)25)4-2-5-14(15)24/h2,4-5,12,21H,3,6-11,20H2,1H3,(H2,19,25). The van der Waals surface area contributed by atoms with E-state index >= 15 is 0 Å². The number of carbonyl (C=O) groups excluding carboxylic acids is 2. The zero-order valence-corrected chi connectivity index (χ0v) is 16.7. The Bertz CT molecular complexity index is 849. The van der Waals surface area contributed by atoms with Crippen LogP contribution in [0.1, 0.15) is 23.2 Å². The number of nitrogens with one attached hydrogen (secondary N) is 1. The Kier molecular flexibility index (Phi) is 6.55. The summed E-state index contributed by atoms with van der Waals surface area (Å²) >= 11 is 1.63. The number of benzene rings is 1. The van der Waals surface area contributed by atoms with E-state index in [0.717, 1.165) is 25.3 Å². The molecule has 2 aromatic rings. The second-order valence-electron chi connectivity index (χ2n) is 6.74. The SMILES string of the molecule is CSCCC(N)(C(=O)On1cnc2c(C(N)=O)cccc21)N1CCCNCC1. The number of hydrogen-bond donors (Lipinski definition) is 3. The quantitative estimate of drug-likeness (QED) is 0.576. The molecule has 0 saturated carbocycles. The van der Waals surface area contributed by atoms with E-state index in [2.05, 4.69) is 10.3 Å². The first-order chi connectivity index (χ1) is 13.5. The van der Waals surface area contributed by atoms with Gasteiger partial charge in [0.1, 0.15) is 17.4 Å². The summed E-state index contributed by atoms with van der Waals surface area (Å²) in [5, 5.41) is 3.32. The van der Waals surface area contributed by atoms with Crippen molar-refractivity contribution in [3.05, 3.63) is 30.1 Å². The lowest BCUT2D eigenvalue weighted by Crippen LogP contribution is -2.64. The number of imidazole rings is 1. The van der Waals surface area contributed by atoms with Crippen molar-refractivity contribution in [3.8, 4) is 0 Å². The molecule has 1 aliphatic heterocycles. The molecule has 1 amide bonds. The minimum Gasteiger partial charge on any atom is -0.366 e. The fourth-order valence-electron chi connectivity index (χ4n) is 3.35. The van der Waals surface area contributed by atoms with Gasteiger partial charge in [0.2, 0.25) is 0 Å². The zero-order chi connectivity index (χ0) is 20.1. The number of carbonyl (C=O) groups is 2. The number of hydrogen-bond acceptors (Lipinski definition) is 8. The third kappa shape index (κ3) is 4.14. The highest BCUT2D eigenvalue weighted by atomic mass is 32.2. The monoisotopic (exact) mass is 406 g/mol. The van der Waals surface area contributed by atoms with Crippen molar-refractivity contribution < 1.29 is 14.4 Å². The number of amides is 1. The Morgan fingerprint density at radius 2 is 2.18 bits per heavy atom. The molecule has 3 rings (SSSR count). The third-order valence-corrected chi connectivity index (χ3v) is 5.55. The van der Waals surface area contributed by atoms with E-state index in [1.54, 1.807) is 30.0 Å². The van der Waals surface area contributed by atoms with Gasteiger partial charge in [-0.2, -0.15) is 16.5 Å². The number of rotatable bonds is 7. The first-order valence-electron chi connectivity index (χ1n) is 9.19. The highest BCUT2D eigenvalue weighted by Crippen LogP contribution is 2.21. The van der Waals surface area contributed by atoms with Crippen LogP contribution >= 0.6 is 11.8 Å². The Morgan fingerprint density at radius 3 is 2.93 bits per heavy atom. The molecule has 1 aliphatic rings. The van der Waals surface area contributed by atoms with Gasteiger partial charge in [0.15, 0.2) is 5.66 Å². The van der Waals surface area contributed by atoms with Gasteiger partial charge in [-0.15, -0.1) is 0 Å². The Hall–Kier alpha value is -2.14. The molecule has 0 aliphatic carbocycles. The molecule has 1 aromatic carbocycles. The molecule has 2 heterocycles. The molecular weight excluding hydrogens is 380 g/mol. The highest BCUT2D eigenvalue weighted by molar-refractivity contribution is 7.98. The van der Waals surface area contributed by atoms with Crippen molar-refractivity contribution in [1.29, 1.82) is 0 Å². The van der Waals surface area contributed by atoms with Crippen molar-refractivity contribution in [2.45, 2.75) is 18.5 Å². The van der Waals surface area contributed by atoms with Crippen LogP contribution in [0.5, 0.6) is 0 Å². The molecule has 5 N–H and O–H groups in total. The summed E-state index contributed by atoms with van der Waals surface area (Å²) < 4.78 is 1.25. The fourth-order valence-corrected chi connectivity index (χ4v) is 3.86. The lowest BCUT2D eigenvalue weighted by atomic mass is 10.1. The maximum atomic E-state index is 13.2. The van der Waals surface area contributed by atoms with Gasteiger partial charge in [0.25, 0.3) is 5.91 Å². The molecule has 1 aromatic heterocycles. The Labute approximate surface area is 167 Å². The minimum absolute atomic E-state index is 0.271. The number of nitrogens with two attached hydrogens (primary N) is 2. The minimum atomic E-state index is -1.24. The van der Waals surface area contributed by atoms with E-state index in [1.807, 2.05) is 11.2 Å². The first-order valence-corrected chi connectivity index (χ1v) is 10.6. The van der Waals surface area contributed by atoms with Crippen LogP contribution in [0.3, 0.4) is 0 Å². The summed E-state index contributed by atoms with van der Waals surface area (Å²) in [5.74, 6) is -0.411. The van der Waals surface area contributed by atoms with Gasteiger partial charge in [0.05, 0.1) is 5.56 Å². The van der Waals surface area contributed by atoms with Crippen molar-refractivity contribution >= 4 is 34.7 Å². The van der Waals surface area contributed by atoms with E-state index in [4.69, 9.17) is 16.3 Å². The van der Waals surface area contributed by atoms with Crippen molar-refractivity contribution in [3.63, 3.8) is 0 Å². The molecule has 0 bridgehead atoms. The van der Waals surface area contributed by atoms with Crippen LogP contribution in [0.15, 0.2) is 24.5 Å². The zero-order valence-electron chi connectivity index (χ0n) is 15.9. The van der Waals surface area contributed by atoms with E-state index in [9.17, 15) is 9.59 Å². The van der Waals surface area contributed by atoms with Crippen LogP contribution in [0.2, 0.25) is 0 Å². The first kappa shape index (κ1) is 20.6. The predicted molar refractivity (Wildman–Crippen MR) is 109 cm³/mol. The van der Waals surface area contributed by atoms with E-state index in [-0.39, 0.29) is 5.56 Å². The highest BCUT2D eigenvalue weighted by Gasteiger charge is 2.42.